The van der Waals surface area contributed by atoms with Gasteiger partial charge in [-0.2, -0.15) is 0 Å². The molecule has 1 unspecified atom stereocenters. The summed E-state index contributed by atoms with van der Waals surface area (Å²) in [5.41, 5.74) is 5.29. The van der Waals surface area contributed by atoms with Crippen LogP contribution in [0.3, 0.4) is 0 Å². The molecule has 0 aliphatic heterocycles. The van der Waals surface area contributed by atoms with Crippen molar-refractivity contribution in [2.24, 2.45) is 10.8 Å². The zero-order valence-electron chi connectivity index (χ0n) is 11.3. The lowest BCUT2D eigenvalue weighted by Crippen LogP contribution is -2.37. The van der Waals surface area contributed by atoms with Crippen LogP contribution in [0.15, 0.2) is 17.1 Å². The summed E-state index contributed by atoms with van der Waals surface area (Å²) in [5, 5.41) is 3.11. The number of nitrogens with two attached hydrogens (primary N) is 1. The monoisotopic (exact) mass is 251 g/mol. The molecule has 100 valence electrons. The smallest absolute Gasteiger partial charge is 0.210 e. The minimum atomic E-state index is 0.0206. The minimum absolute atomic E-state index is 0.0206. The first-order valence-electron chi connectivity index (χ1n) is 5.81. The summed E-state index contributed by atoms with van der Waals surface area (Å²) >= 11 is 0. The van der Waals surface area contributed by atoms with Gasteiger partial charge in [0.1, 0.15) is 0 Å². The maximum absolute atomic E-state index is 5.44. The lowest BCUT2D eigenvalue weighted by atomic mass is 10.3. The number of guanidine groups is 1. The molecule has 18 heavy (non-hydrogen) atoms. The number of methoxy groups -OCH3 is 1. The molecular weight excluding hydrogens is 230 g/mol. The minimum Gasteiger partial charge on any atom is -0.382 e. The maximum atomic E-state index is 5.44. The van der Waals surface area contributed by atoms with Gasteiger partial charge in [0.05, 0.1) is 24.0 Å². The number of nitrogens with zero attached hydrogens (tertiary/aromatic N) is 2. The molecule has 0 saturated carbocycles. The first kappa shape index (κ1) is 14.4. The topological polar surface area (TPSA) is 84.6 Å². The van der Waals surface area contributed by atoms with Crippen LogP contribution in [0.4, 0.5) is 5.69 Å². The first-order chi connectivity index (χ1) is 8.56. The van der Waals surface area contributed by atoms with Crippen LogP contribution in [-0.2, 0) is 4.74 Å². The number of hydrogen-bond donors (Lipinski definition) is 3. The highest BCUT2D eigenvalue weighted by molar-refractivity contribution is 5.93. The number of aromatic nitrogens is 1. The van der Waals surface area contributed by atoms with Crippen molar-refractivity contribution < 1.29 is 4.74 Å². The van der Waals surface area contributed by atoms with E-state index in [1.165, 1.54) is 0 Å². The standard InChI is InChI=1S/C12H21N5O/c1-8-5-6-11(10(3)14-8)16-12(17-13)15-9(2)7-18-4/h5-6,9H,7,13H2,1-4H3,(H2,15,16,17). The second kappa shape index (κ2) is 6.93. The second-order valence-corrected chi connectivity index (χ2v) is 4.14. The van der Waals surface area contributed by atoms with E-state index in [1.807, 2.05) is 32.9 Å². The van der Waals surface area contributed by atoms with Gasteiger partial charge in [-0.3, -0.25) is 10.4 Å². The lowest BCUT2D eigenvalue weighted by Gasteiger charge is -2.13. The van der Waals surface area contributed by atoms with E-state index in [2.05, 4.69) is 20.7 Å². The fraction of sp³-hybridized carbons (Fsp3) is 0.500. The molecule has 0 spiro atoms. The van der Waals surface area contributed by atoms with Crippen molar-refractivity contribution in [1.29, 1.82) is 0 Å². The molecule has 1 rings (SSSR count). The predicted octanol–water partition coefficient (Wildman–Crippen LogP) is 0.965. The number of anilines is 1. The fourth-order valence-corrected chi connectivity index (χ4v) is 1.55. The number of ether oxygens (including phenoxy) is 1. The van der Waals surface area contributed by atoms with Gasteiger partial charge in [-0.15, -0.1) is 0 Å². The number of aryl methyl sites for hydroxylation is 2. The number of hydrazine groups is 1. The zero-order valence-corrected chi connectivity index (χ0v) is 11.3. The lowest BCUT2D eigenvalue weighted by molar-refractivity contribution is 0.185. The van der Waals surface area contributed by atoms with Crippen molar-refractivity contribution in [3.63, 3.8) is 0 Å². The molecule has 1 aromatic rings. The van der Waals surface area contributed by atoms with Crippen LogP contribution in [-0.4, -0.2) is 30.7 Å². The fourth-order valence-electron chi connectivity index (χ4n) is 1.55. The predicted molar refractivity (Wildman–Crippen MR) is 73.4 cm³/mol. The van der Waals surface area contributed by atoms with Crippen molar-refractivity contribution in [1.82, 2.24) is 10.4 Å². The highest BCUT2D eigenvalue weighted by Gasteiger charge is 2.05. The number of pyridine rings is 1. The average molecular weight is 251 g/mol. The number of hydrogen-bond acceptors (Lipinski definition) is 4. The van der Waals surface area contributed by atoms with E-state index in [0.29, 0.717) is 12.6 Å². The van der Waals surface area contributed by atoms with Gasteiger partial charge >= 0.3 is 0 Å². The highest BCUT2D eigenvalue weighted by Crippen LogP contribution is 2.12. The summed E-state index contributed by atoms with van der Waals surface area (Å²) in [6, 6.07) is 3.90. The molecule has 0 fully saturated rings. The molecule has 6 heteroatoms. The highest BCUT2D eigenvalue weighted by atomic mass is 16.5. The first-order valence-corrected chi connectivity index (χ1v) is 5.81. The van der Waals surface area contributed by atoms with Gasteiger partial charge in [0.2, 0.25) is 5.96 Å². The van der Waals surface area contributed by atoms with Gasteiger partial charge in [0.25, 0.3) is 0 Å². The Morgan fingerprint density at radius 1 is 1.50 bits per heavy atom. The van der Waals surface area contributed by atoms with Crippen molar-refractivity contribution in [3.05, 3.63) is 23.5 Å². The largest absolute Gasteiger partial charge is 0.382 e. The van der Waals surface area contributed by atoms with Crippen LogP contribution in [0.5, 0.6) is 0 Å². The van der Waals surface area contributed by atoms with Crippen molar-refractivity contribution in [3.8, 4) is 0 Å². The molecule has 1 heterocycles. The molecular formula is C12H21N5O. The van der Waals surface area contributed by atoms with Crippen LogP contribution in [0, 0.1) is 13.8 Å². The maximum Gasteiger partial charge on any atom is 0.210 e. The molecule has 0 bridgehead atoms. The molecule has 0 amide bonds. The van der Waals surface area contributed by atoms with Crippen LogP contribution < -0.4 is 16.6 Å². The van der Waals surface area contributed by atoms with Crippen LogP contribution >= 0.6 is 0 Å². The summed E-state index contributed by atoms with van der Waals surface area (Å²) < 4.78 is 5.02. The molecule has 0 aliphatic rings. The summed E-state index contributed by atoms with van der Waals surface area (Å²) in [6.07, 6.45) is 0. The van der Waals surface area contributed by atoms with Gasteiger partial charge in [0.15, 0.2) is 0 Å². The summed E-state index contributed by atoms with van der Waals surface area (Å²) in [5.74, 6) is 5.93. The third kappa shape index (κ3) is 4.31. The van der Waals surface area contributed by atoms with Crippen LogP contribution in [0.1, 0.15) is 18.3 Å². The Morgan fingerprint density at radius 2 is 2.22 bits per heavy atom. The Bertz CT molecular complexity index is 419. The Balaban J connectivity index is 2.79. The Hall–Kier alpha value is -1.66. The third-order valence-corrected chi connectivity index (χ3v) is 2.37. The Morgan fingerprint density at radius 3 is 2.78 bits per heavy atom. The van der Waals surface area contributed by atoms with E-state index in [-0.39, 0.29) is 6.04 Å². The Labute approximate surface area is 108 Å². The van der Waals surface area contributed by atoms with Crippen molar-refractivity contribution >= 4 is 11.6 Å². The Kier molecular flexibility index (Phi) is 5.54. The van der Waals surface area contributed by atoms with Gasteiger partial charge < -0.3 is 10.1 Å². The number of rotatable bonds is 4. The van der Waals surface area contributed by atoms with Crippen LogP contribution in [0.25, 0.3) is 0 Å². The molecule has 1 atom stereocenters. The van der Waals surface area contributed by atoms with E-state index >= 15 is 0 Å². The summed E-state index contributed by atoms with van der Waals surface area (Å²) in [4.78, 5) is 8.73. The van der Waals surface area contributed by atoms with Crippen LogP contribution in [0.2, 0.25) is 0 Å². The molecule has 0 aromatic carbocycles. The van der Waals surface area contributed by atoms with Gasteiger partial charge in [0, 0.05) is 12.8 Å². The van der Waals surface area contributed by atoms with E-state index in [9.17, 15) is 0 Å². The van der Waals surface area contributed by atoms with E-state index in [0.717, 1.165) is 17.1 Å². The second-order valence-electron chi connectivity index (χ2n) is 4.14. The normalized spacial score (nSPS) is 13.3. The van der Waals surface area contributed by atoms with E-state index in [1.54, 1.807) is 7.11 Å². The molecule has 4 N–H and O–H groups in total. The molecule has 1 aromatic heterocycles. The summed E-state index contributed by atoms with van der Waals surface area (Å²) in [7, 11) is 1.64. The van der Waals surface area contributed by atoms with Crippen molar-refractivity contribution in [2.75, 3.05) is 19.0 Å². The molecule has 0 radical (unpaired) electrons. The molecule has 0 aliphatic carbocycles. The molecule has 6 nitrogen and oxygen atoms in total. The van der Waals surface area contributed by atoms with Gasteiger partial charge in [-0.1, -0.05) is 0 Å². The number of nitrogens with one attached hydrogen (secondary N) is 2. The number of aliphatic imine (C=N–C) groups is 1. The SMILES string of the molecule is COCC(C)N=C(NN)Nc1ccc(C)nc1C. The summed E-state index contributed by atoms with van der Waals surface area (Å²) in [6.45, 7) is 6.37. The molecule has 0 saturated heterocycles. The van der Waals surface area contributed by atoms with Gasteiger partial charge in [-0.25, -0.2) is 10.8 Å². The van der Waals surface area contributed by atoms with E-state index in [4.69, 9.17) is 10.6 Å². The zero-order chi connectivity index (χ0) is 13.5. The van der Waals surface area contributed by atoms with Gasteiger partial charge in [-0.05, 0) is 32.9 Å². The third-order valence-electron chi connectivity index (χ3n) is 2.37. The van der Waals surface area contributed by atoms with Crippen molar-refractivity contribution in [2.45, 2.75) is 26.8 Å². The van der Waals surface area contributed by atoms with E-state index < -0.39 is 0 Å². The average Bonchev–Trinajstić information content (AvgIpc) is 2.31. The quantitative estimate of drug-likeness (QED) is 0.321.